The molecule has 0 bridgehead atoms. The van der Waals surface area contributed by atoms with Crippen LogP contribution in [0.1, 0.15) is 11.1 Å². The third-order valence-electron chi connectivity index (χ3n) is 2.84. The number of carbonyl (C=O) groups is 1. The van der Waals surface area contributed by atoms with E-state index in [9.17, 15) is 13.2 Å². The predicted octanol–water partition coefficient (Wildman–Crippen LogP) is 2.31. The third kappa shape index (κ3) is 6.34. The number of carbonyl (C=O) groups excluding carboxylic acids is 1. The standard InChI is InChI=1S/C15H14O6S.K.H/c1-11-9-13(22(17,18)19)7-8-14(11)21-15(16)20-10-12-5-3-2-4-6-12;;/h2-9H,10H2,1H3,(H,17,18,19);;. The first kappa shape index (κ1) is 20.3. The van der Waals surface area contributed by atoms with Gasteiger partial charge in [-0.3, -0.25) is 4.55 Å². The molecule has 118 valence electrons. The van der Waals surface area contributed by atoms with Crippen molar-refractivity contribution < 1.29 is 27.2 Å². The second-order valence-electron chi connectivity index (χ2n) is 4.53. The van der Waals surface area contributed by atoms with Gasteiger partial charge in [0.05, 0.1) is 4.90 Å². The summed E-state index contributed by atoms with van der Waals surface area (Å²) in [6, 6.07) is 12.7. The molecule has 0 saturated carbocycles. The van der Waals surface area contributed by atoms with Gasteiger partial charge in [-0.2, -0.15) is 8.42 Å². The summed E-state index contributed by atoms with van der Waals surface area (Å²) in [6.07, 6.45) is -0.897. The molecule has 0 saturated heterocycles. The fraction of sp³-hybridized carbons (Fsp3) is 0.133. The molecular weight excluding hydrogens is 347 g/mol. The van der Waals surface area contributed by atoms with Crippen LogP contribution in [-0.2, 0) is 21.5 Å². The van der Waals surface area contributed by atoms with Gasteiger partial charge in [0.1, 0.15) is 12.4 Å². The monoisotopic (exact) mass is 362 g/mol. The molecule has 1 N–H and O–H groups in total. The Morgan fingerprint density at radius 2 is 1.78 bits per heavy atom. The Morgan fingerprint density at radius 1 is 1.13 bits per heavy atom. The van der Waals surface area contributed by atoms with E-state index in [4.69, 9.17) is 14.0 Å². The maximum atomic E-state index is 11.6. The average Bonchev–Trinajstić information content (AvgIpc) is 2.47. The first-order valence-electron chi connectivity index (χ1n) is 6.33. The zero-order chi connectivity index (χ0) is 16.2. The van der Waals surface area contributed by atoms with Gasteiger partial charge in [-0.15, -0.1) is 0 Å². The summed E-state index contributed by atoms with van der Waals surface area (Å²) in [5.74, 6) is 0.158. The Kier molecular flexibility index (Phi) is 7.88. The van der Waals surface area contributed by atoms with Crippen LogP contribution in [-0.4, -0.2) is 70.5 Å². The minimum absolute atomic E-state index is 0. The van der Waals surface area contributed by atoms with E-state index >= 15 is 0 Å². The van der Waals surface area contributed by atoms with Crippen molar-refractivity contribution in [2.45, 2.75) is 18.4 Å². The van der Waals surface area contributed by atoms with E-state index in [1.165, 1.54) is 12.1 Å². The predicted molar refractivity (Wildman–Crippen MR) is 85.4 cm³/mol. The van der Waals surface area contributed by atoms with Crippen LogP contribution in [0.25, 0.3) is 0 Å². The van der Waals surface area contributed by atoms with Crippen molar-refractivity contribution in [3.05, 3.63) is 59.7 Å². The molecule has 2 aromatic carbocycles. The Bertz CT molecular complexity index is 774. The van der Waals surface area contributed by atoms with Crippen molar-refractivity contribution in [1.29, 1.82) is 0 Å². The van der Waals surface area contributed by atoms with Gasteiger partial charge in [-0.05, 0) is 36.2 Å². The van der Waals surface area contributed by atoms with Crippen LogP contribution in [0.3, 0.4) is 0 Å². The molecule has 0 amide bonds. The Labute approximate surface area is 177 Å². The molecular formula is C15H15KO6S. The molecule has 0 aromatic heterocycles. The fourth-order valence-corrected chi connectivity index (χ4v) is 2.30. The number of aryl methyl sites for hydroxylation is 1. The van der Waals surface area contributed by atoms with Crippen LogP contribution in [0.5, 0.6) is 5.75 Å². The average molecular weight is 362 g/mol. The number of ether oxygens (including phenoxy) is 2. The molecule has 0 heterocycles. The summed E-state index contributed by atoms with van der Waals surface area (Å²) in [4.78, 5) is 11.3. The normalized spacial score (nSPS) is 10.5. The van der Waals surface area contributed by atoms with Gasteiger partial charge in [-0.1, -0.05) is 30.3 Å². The van der Waals surface area contributed by atoms with Crippen LogP contribution in [0.15, 0.2) is 53.4 Å². The molecule has 0 aliphatic heterocycles. The molecule has 0 aliphatic carbocycles. The van der Waals surface area contributed by atoms with Crippen molar-refractivity contribution in [2.24, 2.45) is 0 Å². The second-order valence-corrected chi connectivity index (χ2v) is 5.95. The van der Waals surface area contributed by atoms with Crippen LogP contribution >= 0.6 is 0 Å². The number of hydrogen-bond acceptors (Lipinski definition) is 5. The van der Waals surface area contributed by atoms with Gasteiger partial charge in [0.2, 0.25) is 0 Å². The summed E-state index contributed by atoms with van der Waals surface area (Å²) >= 11 is 0. The van der Waals surface area contributed by atoms with Gasteiger partial charge in [0, 0.05) is 0 Å². The number of benzene rings is 2. The van der Waals surface area contributed by atoms with E-state index in [1.807, 2.05) is 18.2 Å². The fourth-order valence-electron chi connectivity index (χ4n) is 1.73. The molecule has 0 radical (unpaired) electrons. The van der Waals surface area contributed by atoms with Crippen LogP contribution in [0.4, 0.5) is 4.79 Å². The topological polar surface area (TPSA) is 89.9 Å². The first-order chi connectivity index (χ1) is 10.4. The van der Waals surface area contributed by atoms with E-state index in [-0.39, 0.29) is 68.6 Å². The van der Waals surface area contributed by atoms with E-state index in [2.05, 4.69) is 0 Å². The molecule has 6 nitrogen and oxygen atoms in total. The van der Waals surface area contributed by atoms with Crippen LogP contribution in [0, 0.1) is 6.92 Å². The Hall–Kier alpha value is -0.744. The molecule has 0 unspecified atom stereocenters. The number of rotatable bonds is 4. The van der Waals surface area contributed by atoms with Gasteiger partial charge >= 0.3 is 57.5 Å². The SMILES string of the molecule is Cc1cc(S(=O)(=O)O)ccc1OC(=O)OCc1ccccc1.[KH]. The Balaban J connectivity index is 0.00000264. The van der Waals surface area contributed by atoms with Gasteiger partial charge in [0.25, 0.3) is 10.1 Å². The number of hydrogen-bond donors (Lipinski definition) is 1. The van der Waals surface area contributed by atoms with Crippen LogP contribution < -0.4 is 4.74 Å². The summed E-state index contributed by atoms with van der Waals surface area (Å²) in [6.45, 7) is 1.62. The van der Waals surface area contributed by atoms with Crippen molar-refractivity contribution in [1.82, 2.24) is 0 Å². The van der Waals surface area contributed by atoms with E-state index in [1.54, 1.807) is 19.1 Å². The first-order valence-corrected chi connectivity index (χ1v) is 7.77. The van der Waals surface area contributed by atoms with Gasteiger partial charge in [0.15, 0.2) is 0 Å². The summed E-state index contributed by atoms with van der Waals surface area (Å²) in [5.41, 5.74) is 1.20. The van der Waals surface area contributed by atoms with Crippen molar-refractivity contribution in [2.75, 3.05) is 0 Å². The zero-order valence-corrected chi connectivity index (χ0v) is 12.5. The summed E-state index contributed by atoms with van der Waals surface area (Å²) in [5, 5.41) is 0. The van der Waals surface area contributed by atoms with Gasteiger partial charge < -0.3 is 9.47 Å². The molecule has 2 rings (SSSR count). The third-order valence-corrected chi connectivity index (χ3v) is 3.69. The van der Waals surface area contributed by atoms with E-state index in [0.29, 0.717) is 5.56 Å². The maximum absolute atomic E-state index is 11.6. The van der Waals surface area contributed by atoms with Crippen molar-refractivity contribution in [3.63, 3.8) is 0 Å². The zero-order valence-electron chi connectivity index (χ0n) is 11.7. The molecule has 0 fully saturated rings. The van der Waals surface area contributed by atoms with E-state index < -0.39 is 16.3 Å². The summed E-state index contributed by atoms with van der Waals surface area (Å²) in [7, 11) is -4.29. The quantitative estimate of drug-likeness (QED) is 0.388. The molecule has 0 spiro atoms. The molecule has 0 atom stereocenters. The van der Waals surface area contributed by atoms with Crippen molar-refractivity contribution in [3.8, 4) is 5.75 Å². The van der Waals surface area contributed by atoms with Crippen LogP contribution in [0.2, 0.25) is 0 Å². The molecule has 8 heteroatoms. The molecule has 23 heavy (non-hydrogen) atoms. The molecule has 0 aliphatic rings. The van der Waals surface area contributed by atoms with E-state index in [0.717, 1.165) is 11.6 Å². The van der Waals surface area contributed by atoms with Crippen molar-refractivity contribution >= 4 is 67.7 Å². The van der Waals surface area contributed by atoms with Gasteiger partial charge in [-0.25, -0.2) is 4.79 Å². The minimum atomic E-state index is -4.29. The second kappa shape index (κ2) is 8.93. The summed E-state index contributed by atoms with van der Waals surface area (Å²) < 4.78 is 40.9. The Morgan fingerprint density at radius 3 is 2.35 bits per heavy atom. The molecule has 2 aromatic rings.